The zero-order valence-electron chi connectivity index (χ0n) is 14.3. The second-order valence-corrected chi connectivity index (χ2v) is 7.40. The number of hydrogen-bond acceptors (Lipinski definition) is 4. The van der Waals surface area contributed by atoms with Crippen molar-refractivity contribution in [2.75, 3.05) is 6.61 Å². The van der Waals surface area contributed by atoms with Gasteiger partial charge in [0.15, 0.2) is 5.75 Å². The molecule has 0 bridgehead atoms. The second kappa shape index (κ2) is 6.13. The molecule has 0 saturated carbocycles. The van der Waals surface area contributed by atoms with E-state index < -0.39 is 7.32 Å². The van der Waals surface area contributed by atoms with E-state index in [-0.39, 0.29) is 10.8 Å². The van der Waals surface area contributed by atoms with Gasteiger partial charge < -0.3 is 19.4 Å². The standard InChI is InChI=1S/C17H27BO4/c1-6-9-21-14-10-12-13(11-15(14)22-18(19)20)17(4,5)8-7-16(12,2)3/h10-11,19-20H,6-9H2,1-5H3. The van der Waals surface area contributed by atoms with Crippen molar-refractivity contribution in [3.05, 3.63) is 23.3 Å². The van der Waals surface area contributed by atoms with Crippen molar-refractivity contribution in [3.8, 4) is 11.5 Å². The first-order chi connectivity index (χ1) is 10.2. The molecule has 0 aromatic heterocycles. The number of benzene rings is 1. The van der Waals surface area contributed by atoms with Crippen molar-refractivity contribution in [1.29, 1.82) is 0 Å². The fraction of sp³-hybridized carbons (Fsp3) is 0.647. The summed E-state index contributed by atoms with van der Waals surface area (Å²) in [6, 6.07) is 3.93. The van der Waals surface area contributed by atoms with Crippen LogP contribution in [0.25, 0.3) is 0 Å². The van der Waals surface area contributed by atoms with Crippen molar-refractivity contribution in [2.24, 2.45) is 0 Å². The monoisotopic (exact) mass is 306 g/mol. The largest absolute Gasteiger partial charge is 0.707 e. The molecule has 4 nitrogen and oxygen atoms in total. The Labute approximate surface area is 133 Å². The Kier molecular flexibility index (Phi) is 4.78. The first kappa shape index (κ1) is 17.2. The van der Waals surface area contributed by atoms with Crippen molar-refractivity contribution in [2.45, 2.75) is 64.7 Å². The first-order valence-corrected chi connectivity index (χ1v) is 8.02. The maximum absolute atomic E-state index is 9.17. The molecule has 0 fully saturated rings. The molecule has 1 aromatic carbocycles. The Morgan fingerprint density at radius 3 is 1.95 bits per heavy atom. The maximum Gasteiger partial charge on any atom is 0.707 e. The molecule has 0 aliphatic heterocycles. The van der Waals surface area contributed by atoms with Crippen LogP contribution in [0.5, 0.6) is 11.5 Å². The molecule has 22 heavy (non-hydrogen) atoms. The number of ether oxygens (including phenoxy) is 1. The van der Waals surface area contributed by atoms with E-state index in [1.807, 2.05) is 19.1 Å². The minimum absolute atomic E-state index is 0.0344. The predicted molar refractivity (Wildman–Crippen MR) is 88.3 cm³/mol. The molecule has 0 saturated heterocycles. The van der Waals surface area contributed by atoms with Crippen LogP contribution in [-0.2, 0) is 10.8 Å². The molecule has 122 valence electrons. The molecule has 0 heterocycles. The SMILES string of the molecule is CCCOc1cc2c(cc1OB(O)O)C(C)(C)CCC2(C)C. The maximum atomic E-state index is 9.17. The molecular weight excluding hydrogens is 279 g/mol. The fourth-order valence-electron chi connectivity index (χ4n) is 3.10. The summed E-state index contributed by atoms with van der Waals surface area (Å²) in [7, 11) is -1.85. The normalized spacial score (nSPS) is 18.5. The van der Waals surface area contributed by atoms with E-state index in [1.165, 1.54) is 11.1 Å². The van der Waals surface area contributed by atoms with Gasteiger partial charge in [-0.05, 0) is 53.4 Å². The quantitative estimate of drug-likeness (QED) is 0.820. The zero-order valence-corrected chi connectivity index (χ0v) is 14.3. The van der Waals surface area contributed by atoms with Crippen molar-refractivity contribution < 1.29 is 19.4 Å². The predicted octanol–water partition coefficient (Wildman–Crippen LogP) is 3.17. The smallest absolute Gasteiger partial charge is 0.509 e. The van der Waals surface area contributed by atoms with E-state index in [0.29, 0.717) is 18.1 Å². The lowest BCUT2D eigenvalue weighted by molar-refractivity contribution is 0.263. The molecule has 1 aliphatic carbocycles. The highest BCUT2D eigenvalue weighted by Crippen LogP contribution is 2.49. The molecule has 5 heteroatoms. The third-order valence-corrected chi connectivity index (χ3v) is 4.61. The highest BCUT2D eigenvalue weighted by Gasteiger charge is 2.38. The van der Waals surface area contributed by atoms with Gasteiger partial charge in [0.25, 0.3) is 0 Å². The molecule has 0 radical (unpaired) electrons. The Morgan fingerprint density at radius 2 is 1.50 bits per heavy atom. The number of rotatable bonds is 5. The van der Waals surface area contributed by atoms with Gasteiger partial charge in [-0.3, -0.25) is 0 Å². The first-order valence-electron chi connectivity index (χ1n) is 8.02. The fourth-order valence-corrected chi connectivity index (χ4v) is 3.10. The van der Waals surface area contributed by atoms with Gasteiger partial charge in [0.2, 0.25) is 0 Å². The van der Waals surface area contributed by atoms with Gasteiger partial charge in [0.1, 0.15) is 5.75 Å². The van der Waals surface area contributed by atoms with Gasteiger partial charge in [-0.1, -0.05) is 34.6 Å². The van der Waals surface area contributed by atoms with E-state index in [2.05, 4.69) is 27.7 Å². The Balaban J connectivity index is 2.55. The van der Waals surface area contributed by atoms with Crippen LogP contribution >= 0.6 is 0 Å². The van der Waals surface area contributed by atoms with Crippen LogP contribution in [0.2, 0.25) is 0 Å². The van der Waals surface area contributed by atoms with Gasteiger partial charge in [-0.25, -0.2) is 0 Å². The van der Waals surface area contributed by atoms with Crippen molar-refractivity contribution in [3.63, 3.8) is 0 Å². The summed E-state index contributed by atoms with van der Waals surface area (Å²) in [5, 5.41) is 18.3. The Morgan fingerprint density at radius 1 is 1.00 bits per heavy atom. The molecule has 0 atom stereocenters. The van der Waals surface area contributed by atoms with Gasteiger partial charge in [-0.15, -0.1) is 0 Å². The molecule has 2 N–H and O–H groups in total. The topological polar surface area (TPSA) is 58.9 Å². The van der Waals surface area contributed by atoms with E-state index >= 15 is 0 Å². The molecule has 0 spiro atoms. The zero-order chi connectivity index (χ0) is 16.5. The third-order valence-electron chi connectivity index (χ3n) is 4.61. The highest BCUT2D eigenvalue weighted by molar-refractivity contribution is 6.33. The van der Waals surface area contributed by atoms with E-state index in [0.717, 1.165) is 19.3 Å². The molecule has 0 amide bonds. The Hall–Kier alpha value is -1.20. The van der Waals surface area contributed by atoms with Crippen LogP contribution in [-0.4, -0.2) is 24.0 Å². The van der Waals surface area contributed by atoms with Crippen LogP contribution in [0.3, 0.4) is 0 Å². The van der Waals surface area contributed by atoms with Crippen LogP contribution in [0.4, 0.5) is 0 Å². The summed E-state index contributed by atoms with van der Waals surface area (Å²) in [5.41, 5.74) is 2.57. The van der Waals surface area contributed by atoms with Gasteiger partial charge in [-0.2, -0.15) is 0 Å². The molecule has 1 aliphatic rings. The van der Waals surface area contributed by atoms with Crippen LogP contribution < -0.4 is 9.39 Å². The molecular formula is C17H27BO4. The van der Waals surface area contributed by atoms with Crippen molar-refractivity contribution >= 4 is 7.32 Å². The van der Waals surface area contributed by atoms with Crippen LogP contribution in [0.15, 0.2) is 12.1 Å². The van der Waals surface area contributed by atoms with Gasteiger partial charge in [0.05, 0.1) is 6.61 Å². The molecule has 0 unspecified atom stereocenters. The summed E-state index contributed by atoms with van der Waals surface area (Å²) in [4.78, 5) is 0. The average Bonchev–Trinajstić information content (AvgIpc) is 2.41. The Bertz CT molecular complexity index is 538. The summed E-state index contributed by atoms with van der Waals surface area (Å²) in [5.74, 6) is 0.979. The van der Waals surface area contributed by atoms with E-state index in [1.54, 1.807) is 0 Å². The highest BCUT2D eigenvalue weighted by atomic mass is 16.6. The summed E-state index contributed by atoms with van der Waals surface area (Å²) in [6.45, 7) is 11.5. The second-order valence-electron chi connectivity index (χ2n) is 7.40. The lowest BCUT2D eigenvalue weighted by Gasteiger charge is -2.42. The summed E-state index contributed by atoms with van der Waals surface area (Å²) in [6.07, 6.45) is 3.08. The minimum Gasteiger partial charge on any atom is -0.509 e. The van der Waals surface area contributed by atoms with E-state index in [4.69, 9.17) is 9.39 Å². The minimum atomic E-state index is -1.85. The number of fused-ring (bicyclic) bond motifs is 1. The third kappa shape index (κ3) is 3.41. The lowest BCUT2D eigenvalue weighted by Crippen LogP contribution is -2.34. The average molecular weight is 306 g/mol. The number of hydrogen-bond donors (Lipinski definition) is 2. The van der Waals surface area contributed by atoms with E-state index in [9.17, 15) is 10.0 Å². The van der Waals surface area contributed by atoms with Crippen molar-refractivity contribution in [1.82, 2.24) is 0 Å². The van der Waals surface area contributed by atoms with Crippen LogP contribution in [0.1, 0.15) is 65.0 Å². The molecule has 1 aromatic rings. The lowest BCUT2D eigenvalue weighted by atomic mass is 9.63. The van der Waals surface area contributed by atoms with Gasteiger partial charge >= 0.3 is 7.32 Å². The van der Waals surface area contributed by atoms with Crippen LogP contribution in [0, 0.1) is 0 Å². The van der Waals surface area contributed by atoms with Gasteiger partial charge in [0, 0.05) is 0 Å². The molecule has 2 rings (SSSR count). The summed E-state index contributed by atoms with van der Waals surface area (Å²) < 4.78 is 10.9. The summed E-state index contributed by atoms with van der Waals surface area (Å²) >= 11 is 0.